The molecule has 0 bridgehead atoms. The van der Waals surface area contributed by atoms with Crippen LogP contribution in [0.4, 0.5) is 13.2 Å². The molecule has 0 spiro atoms. The smallest absolute Gasteiger partial charge is 0.269 e. The zero-order valence-electron chi connectivity index (χ0n) is 6.86. The first-order chi connectivity index (χ1) is 5.07. The van der Waals surface area contributed by atoms with Crippen LogP contribution >= 0.6 is 0 Å². The molecule has 0 N–H and O–H groups in total. The van der Waals surface area contributed by atoms with Crippen LogP contribution in [0.5, 0.6) is 0 Å². The lowest BCUT2D eigenvalue weighted by molar-refractivity contribution is 0.0409. The SMILES string of the molecule is CCN(C)CCC(F)C(F)F. The van der Waals surface area contributed by atoms with Crippen molar-refractivity contribution in [3.8, 4) is 0 Å². The van der Waals surface area contributed by atoms with Crippen LogP contribution in [-0.4, -0.2) is 37.6 Å². The van der Waals surface area contributed by atoms with Crippen molar-refractivity contribution in [3.63, 3.8) is 0 Å². The summed E-state index contributed by atoms with van der Waals surface area (Å²) < 4.78 is 35.4. The molecule has 0 aromatic rings. The Morgan fingerprint density at radius 3 is 2.18 bits per heavy atom. The number of alkyl halides is 3. The van der Waals surface area contributed by atoms with Gasteiger partial charge >= 0.3 is 0 Å². The third-order valence-corrected chi connectivity index (χ3v) is 1.60. The van der Waals surface area contributed by atoms with Gasteiger partial charge in [-0.2, -0.15) is 0 Å². The van der Waals surface area contributed by atoms with Crippen LogP contribution < -0.4 is 0 Å². The van der Waals surface area contributed by atoms with Gasteiger partial charge in [-0.1, -0.05) is 6.92 Å². The van der Waals surface area contributed by atoms with E-state index in [1.165, 1.54) is 0 Å². The lowest BCUT2D eigenvalue weighted by Crippen LogP contribution is -2.24. The average Bonchev–Trinajstić information content (AvgIpc) is 1.99. The summed E-state index contributed by atoms with van der Waals surface area (Å²) in [6.45, 7) is 3.05. The van der Waals surface area contributed by atoms with E-state index in [1.807, 2.05) is 6.92 Å². The molecule has 1 atom stereocenters. The van der Waals surface area contributed by atoms with Crippen molar-refractivity contribution in [2.24, 2.45) is 0 Å². The molecule has 0 saturated heterocycles. The van der Waals surface area contributed by atoms with Crippen LogP contribution in [0.25, 0.3) is 0 Å². The molecule has 0 aliphatic carbocycles. The second-order valence-electron chi connectivity index (χ2n) is 2.54. The van der Waals surface area contributed by atoms with E-state index in [2.05, 4.69) is 0 Å². The quantitative estimate of drug-likeness (QED) is 0.607. The minimum Gasteiger partial charge on any atom is -0.307 e. The number of rotatable bonds is 5. The van der Waals surface area contributed by atoms with E-state index < -0.39 is 12.6 Å². The summed E-state index contributed by atoms with van der Waals surface area (Å²) in [5, 5.41) is 0. The second kappa shape index (κ2) is 5.41. The molecular formula is C7H14F3N. The minimum absolute atomic E-state index is 0.0813. The summed E-state index contributed by atoms with van der Waals surface area (Å²) in [6.07, 6.45) is -4.88. The van der Waals surface area contributed by atoms with E-state index in [0.29, 0.717) is 6.54 Å². The Balaban J connectivity index is 3.37. The highest BCUT2D eigenvalue weighted by Gasteiger charge is 2.18. The fraction of sp³-hybridized carbons (Fsp3) is 1.00. The second-order valence-corrected chi connectivity index (χ2v) is 2.54. The summed E-state index contributed by atoms with van der Waals surface area (Å²) in [5.41, 5.74) is 0. The van der Waals surface area contributed by atoms with Gasteiger partial charge in [0.05, 0.1) is 0 Å². The lowest BCUT2D eigenvalue weighted by atomic mass is 10.3. The molecular weight excluding hydrogens is 155 g/mol. The van der Waals surface area contributed by atoms with Gasteiger partial charge in [0.25, 0.3) is 6.43 Å². The highest BCUT2D eigenvalue weighted by atomic mass is 19.3. The highest BCUT2D eigenvalue weighted by molar-refractivity contribution is 4.60. The van der Waals surface area contributed by atoms with Crippen molar-refractivity contribution in [3.05, 3.63) is 0 Å². The summed E-state index contributed by atoms with van der Waals surface area (Å²) in [4.78, 5) is 1.80. The number of hydrogen-bond donors (Lipinski definition) is 0. The summed E-state index contributed by atoms with van der Waals surface area (Å²) in [6, 6.07) is 0. The molecule has 0 radical (unpaired) electrons. The van der Waals surface area contributed by atoms with Gasteiger partial charge in [0.15, 0.2) is 6.17 Å². The van der Waals surface area contributed by atoms with Gasteiger partial charge in [0.2, 0.25) is 0 Å². The molecule has 0 aromatic carbocycles. The first-order valence-electron chi connectivity index (χ1n) is 3.68. The van der Waals surface area contributed by atoms with Crippen LogP contribution in [0.3, 0.4) is 0 Å². The number of nitrogens with zero attached hydrogens (tertiary/aromatic N) is 1. The molecule has 4 heteroatoms. The number of hydrogen-bond acceptors (Lipinski definition) is 1. The van der Waals surface area contributed by atoms with Crippen molar-refractivity contribution in [1.82, 2.24) is 4.90 Å². The van der Waals surface area contributed by atoms with Crippen molar-refractivity contribution in [2.45, 2.75) is 25.9 Å². The molecule has 1 unspecified atom stereocenters. The first-order valence-corrected chi connectivity index (χ1v) is 3.68. The van der Waals surface area contributed by atoms with E-state index in [1.54, 1.807) is 11.9 Å². The van der Waals surface area contributed by atoms with Gasteiger partial charge in [-0.3, -0.25) is 0 Å². The molecule has 1 nitrogen and oxygen atoms in total. The van der Waals surface area contributed by atoms with E-state index in [-0.39, 0.29) is 6.42 Å². The molecule has 11 heavy (non-hydrogen) atoms. The van der Waals surface area contributed by atoms with Crippen LogP contribution in [0.1, 0.15) is 13.3 Å². The van der Waals surface area contributed by atoms with Crippen molar-refractivity contribution in [1.29, 1.82) is 0 Å². The summed E-state index contributed by atoms with van der Waals surface area (Å²) in [7, 11) is 1.78. The molecule has 0 fully saturated rings. The predicted octanol–water partition coefficient (Wildman–Crippen LogP) is 1.93. The van der Waals surface area contributed by atoms with E-state index in [4.69, 9.17) is 0 Å². The van der Waals surface area contributed by atoms with Crippen molar-refractivity contribution < 1.29 is 13.2 Å². The van der Waals surface area contributed by atoms with Crippen LogP contribution in [0.15, 0.2) is 0 Å². The topological polar surface area (TPSA) is 3.24 Å². The molecule has 68 valence electrons. The first kappa shape index (κ1) is 10.8. The number of halogens is 3. The molecule has 0 aliphatic rings. The standard InChI is InChI=1S/C7H14F3N/c1-3-11(2)5-4-6(8)7(9)10/h6-7H,3-5H2,1-2H3. The largest absolute Gasteiger partial charge is 0.307 e. The molecule has 0 heterocycles. The highest BCUT2D eigenvalue weighted by Crippen LogP contribution is 2.09. The third-order valence-electron chi connectivity index (χ3n) is 1.60. The van der Waals surface area contributed by atoms with Gasteiger partial charge in [0.1, 0.15) is 0 Å². The Morgan fingerprint density at radius 1 is 1.27 bits per heavy atom. The monoisotopic (exact) mass is 169 g/mol. The summed E-state index contributed by atoms with van der Waals surface area (Å²) >= 11 is 0. The molecule has 0 aliphatic heterocycles. The molecule has 0 rings (SSSR count). The Morgan fingerprint density at radius 2 is 1.82 bits per heavy atom. The van der Waals surface area contributed by atoms with Gasteiger partial charge in [-0.25, -0.2) is 13.2 Å². The Hall–Kier alpha value is -0.250. The fourth-order valence-corrected chi connectivity index (χ4v) is 0.628. The Labute approximate surface area is 65.2 Å². The van der Waals surface area contributed by atoms with Crippen LogP contribution in [0.2, 0.25) is 0 Å². The maximum atomic E-state index is 12.2. The van der Waals surface area contributed by atoms with Crippen molar-refractivity contribution in [2.75, 3.05) is 20.1 Å². The third kappa shape index (κ3) is 5.07. The zero-order valence-corrected chi connectivity index (χ0v) is 6.86. The Kier molecular flexibility index (Phi) is 5.28. The minimum atomic E-state index is -2.83. The zero-order chi connectivity index (χ0) is 8.85. The maximum absolute atomic E-state index is 12.2. The van der Waals surface area contributed by atoms with E-state index in [0.717, 1.165) is 6.54 Å². The van der Waals surface area contributed by atoms with Crippen LogP contribution in [-0.2, 0) is 0 Å². The van der Waals surface area contributed by atoms with E-state index in [9.17, 15) is 13.2 Å². The maximum Gasteiger partial charge on any atom is 0.269 e. The summed E-state index contributed by atoms with van der Waals surface area (Å²) in [5.74, 6) is 0. The van der Waals surface area contributed by atoms with E-state index >= 15 is 0 Å². The lowest BCUT2D eigenvalue weighted by Gasteiger charge is -2.14. The Bertz CT molecular complexity index is 97.7. The van der Waals surface area contributed by atoms with Crippen molar-refractivity contribution >= 4 is 0 Å². The fourth-order valence-electron chi connectivity index (χ4n) is 0.628. The molecule has 0 aromatic heterocycles. The van der Waals surface area contributed by atoms with Gasteiger partial charge < -0.3 is 4.90 Å². The molecule has 0 amide bonds. The van der Waals surface area contributed by atoms with Gasteiger partial charge in [-0.05, 0) is 20.0 Å². The predicted molar refractivity (Wildman–Crippen MR) is 38.7 cm³/mol. The normalized spacial score (nSPS) is 14.5. The average molecular weight is 169 g/mol. The van der Waals surface area contributed by atoms with Gasteiger partial charge in [0, 0.05) is 6.54 Å². The van der Waals surface area contributed by atoms with Crippen LogP contribution in [0, 0.1) is 0 Å². The van der Waals surface area contributed by atoms with Gasteiger partial charge in [-0.15, -0.1) is 0 Å². The molecule has 0 saturated carbocycles.